The van der Waals surface area contributed by atoms with Crippen LogP contribution in [0, 0.1) is 5.92 Å². The standard InChI is InChI=1S/C17H19N5O/c1-20(10-13-2-3-16-19-5-7-21(16)11-13)17(23)14-4-6-22-12-18-9-15(22)8-14/h4-9,12-13H,2-3,10-11H2,1H3. The highest BCUT2D eigenvalue weighted by Gasteiger charge is 2.22. The van der Waals surface area contributed by atoms with Crippen LogP contribution >= 0.6 is 0 Å². The van der Waals surface area contributed by atoms with Gasteiger partial charge < -0.3 is 13.9 Å². The first kappa shape index (κ1) is 14.0. The van der Waals surface area contributed by atoms with Crippen molar-refractivity contribution in [3.05, 3.63) is 54.6 Å². The molecule has 3 aromatic rings. The number of hydrogen-bond acceptors (Lipinski definition) is 3. The van der Waals surface area contributed by atoms with Gasteiger partial charge in [-0.05, 0) is 24.5 Å². The Morgan fingerprint density at radius 1 is 1.43 bits per heavy atom. The topological polar surface area (TPSA) is 55.4 Å². The van der Waals surface area contributed by atoms with Gasteiger partial charge in [0.1, 0.15) is 5.82 Å². The van der Waals surface area contributed by atoms with Crippen molar-refractivity contribution in [2.24, 2.45) is 5.92 Å². The molecule has 0 saturated heterocycles. The van der Waals surface area contributed by atoms with Crippen LogP contribution in [0.25, 0.3) is 5.52 Å². The number of hydrogen-bond donors (Lipinski definition) is 0. The quantitative estimate of drug-likeness (QED) is 0.742. The minimum atomic E-state index is 0.0603. The van der Waals surface area contributed by atoms with Crippen LogP contribution in [-0.4, -0.2) is 43.3 Å². The second-order valence-electron chi connectivity index (χ2n) is 6.23. The minimum absolute atomic E-state index is 0.0603. The lowest BCUT2D eigenvalue weighted by Gasteiger charge is -2.28. The first-order chi connectivity index (χ1) is 11.2. The van der Waals surface area contributed by atoms with E-state index < -0.39 is 0 Å². The zero-order valence-electron chi connectivity index (χ0n) is 13.1. The molecule has 1 amide bonds. The third-order valence-corrected chi connectivity index (χ3v) is 4.57. The van der Waals surface area contributed by atoms with Crippen LogP contribution < -0.4 is 0 Å². The van der Waals surface area contributed by atoms with Gasteiger partial charge in [-0.25, -0.2) is 9.97 Å². The number of carbonyl (C=O) groups excluding carboxylic acids is 1. The Kier molecular flexibility index (Phi) is 3.37. The largest absolute Gasteiger partial charge is 0.341 e. The fraction of sp³-hybridized carbons (Fsp3) is 0.353. The number of nitrogens with zero attached hydrogens (tertiary/aromatic N) is 5. The highest BCUT2D eigenvalue weighted by atomic mass is 16.2. The van der Waals surface area contributed by atoms with E-state index in [1.54, 1.807) is 12.5 Å². The molecule has 3 aromatic heterocycles. The molecule has 4 heterocycles. The molecule has 0 bridgehead atoms. The summed E-state index contributed by atoms with van der Waals surface area (Å²) in [6, 6.07) is 3.74. The monoisotopic (exact) mass is 309 g/mol. The number of fused-ring (bicyclic) bond motifs is 2. The summed E-state index contributed by atoms with van der Waals surface area (Å²) < 4.78 is 4.10. The van der Waals surface area contributed by atoms with Gasteiger partial charge >= 0.3 is 0 Å². The number of aryl methyl sites for hydroxylation is 1. The fourth-order valence-corrected chi connectivity index (χ4v) is 3.33. The second kappa shape index (κ2) is 5.53. The summed E-state index contributed by atoms with van der Waals surface area (Å²) in [7, 11) is 1.88. The van der Waals surface area contributed by atoms with Gasteiger partial charge in [-0.3, -0.25) is 4.79 Å². The maximum atomic E-state index is 12.7. The molecular weight excluding hydrogens is 290 g/mol. The minimum Gasteiger partial charge on any atom is -0.341 e. The van der Waals surface area contributed by atoms with E-state index in [1.807, 2.05) is 47.1 Å². The molecule has 1 unspecified atom stereocenters. The van der Waals surface area contributed by atoms with Crippen molar-refractivity contribution in [3.8, 4) is 0 Å². The summed E-state index contributed by atoms with van der Waals surface area (Å²) in [6.07, 6.45) is 11.3. The average Bonchev–Trinajstić information content (AvgIpc) is 3.21. The normalized spacial score (nSPS) is 17.2. The molecular formula is C17H19N5O. The predicted octanol–water partition coefficient (Wildman–Crippen LogP) is 1.87. The van der Waals surface area contributed by atoms with E-state index in [2.05, 4.69) is 14.5 Å². The Labute approximate surface area is 134 Å². The van der Waals surface area contributed by atoms with Crippen LogP contribution in [-0.2, 0) is 13.0 Å². The van der Waals surface area contributed by atoms with Crippen LogP contribution in [0.2, 0.25) is 0 Å². The van der Waals surface area contributed by atoms with Gasteiger partial charge in [-0.2, -0.15) is 0 Å². The summed E-state index contributed by atoms with van der Waals surface area (Å²) in [5.41, 5.74) is 1.64. The summed E-state index contributed by atoms with van der Waals surface area (Å²) in [6.45, 7) is 1.70. The Morgan fingerprint density at radius 3 is 3.26 bits per heavy atom. The summed E-state index contributed by atoms with van der Waals surface area (Å²) in [4.78, 5) is 22.9. The molecule has 23 heavy (non-hydrogen) atoms. The van der Waals surface area contributed by atoms with Gasteiger partial charge in [0.2, 0.25) is 0 Å². The van der Waals surface area contributed by atoms with Crippen molar-refractivity contribution in [1.29, 1.82) is 0 Å². The molecule has 0 aliphatic carbocycles. The third kappa shape index (κ3) is 2.60. The lowest BCUT2D eigenvalue weighted by Crippen LogP contribution is -2.35. The number of amides is 1. The van der Waals surface area contributed by atoms with E-state index in [-0.39, 0.29) is 5.91 Å². The van der Waals surface area contributed by atoms with Gasteiger partial charge in [0.25, 0.3) is 5.91 Å². The zero-order chi connectivity index (χ0) is 15.8. The number of pyridine rings is 1. The van der Waals surface area contributed by atoms with Gasteiger partial charge in [-0.15, -0.1) is 0 Å². The van der Waals surface area contributed by atoms with Crippen LogP contribution in [0.15, 0.2) is 43.2 Å². The van der Waals surface area contributed by atoms with Crippen molar-refractivity contribution in [2.75, 3.05) is 13.6 Å². The number of rotatable bonds is 3. The van der Waals surface area contributed by atoms with Crippen molar-refractivity contribution in [1.82, 2.24) is 23.8 Å². The van der Waals surface area contributed by atoms with E-state index >= 15 is 0 Å². The van der Waals surface area contributed by atoms with Gasteiger partial charge in [-0.1, -0.05) is 0 Å². The smallest absolute Gasteiger partial charge is 0.253 e. The van der Waals surface area contributed by atoms with Crippen LogP contribution in [0.4, 0.5) is 0 Å². The number of carbonyl (C=O) groups is 1. The number of aromatic nitrogens is 4. The molecule has 0 N–H and O–H groups in total. The molecule has 0 aromatic carbocycles. The molecule has 0 fully saturated rings. The number of imidazole rings is 2. The maximum Gasteiger partial charge on any atom is 0.253 e. The molecule has 6 nitrogen and oxygen atoms in total. The summed E-state index contributed by atoms with van der Waals surface area (Å²) >= 11 is 0. The van der Waals surface area contributed by atoms with Crippen molar-refractivity contribution < 1.29 is 4.79 Å². The molecule has 1 aliphatic heterocycles. The van der Waals surface area contributed by atoms with E-state index in [0.717, 1.165) is 37.3 Å². The molecule has 0 saturated carbocycles. The Balaban J connectivity index is 1.46. The van der Waals surface area contributed by atoms with E-state index in [9.17, 15) is 4.79 Å². The third-order valence-electron chi connectivity index (χ3n) is 4.57. The zero-order valence-corrected chi connectivity index (χ0v) is 13.1. The Bertz CT molecular complexity index is 849. The van der Waals surface area contributed by atoms with Gasteiger partial charge in [0.05, 0.1) is 18.0 Å². The average molecular weight is 309 g/mol. The molecule has 4 rings (SSSR count). The molecule has 1 aliphatic rings. The molecule has 6 heteroatoms. The highest BCUT2D eigenvalue weighted by molar-refractivity contribution is 5.95. The molecule has 118 valence electrons. The van der Waals surface area contributed by atoms with Crippen molar-refractivity contribution >= 4 is 11.4 Å². The van der Waals surface area contributed by atoms with Crippen molar-refractivity contribution in [2.45, 2.75) is 19.4 Å². The van der Waals surface area contributed by atoms with Gasteiger partial charge in [0.15, 0.2) is 0 Å². The van der Waals surface area contributed by atoms with E-state index in [0.29, 0.717) is 11.5 Å². The first-order valence-corrected chi connectivity index (χ1v) is 7.88. The van der Waals surface area contributed by atoms with E-state index in [4.69, 9.17) is 0 Å². The Hall–Kier alpha value is -2.63. The second-order valence-corrected chi connectivity index (χ2v) is 6.23. The van der Waals surface area contributed by atoms with Crippen LogP contribution in [0.5, 0.6) is 0 Å². The summed E-state index contributed by atoms with van der Waals surface area (Å²) in [5, 5.41) is 0. The lowest BCUT2D eigenvalue weighted by atomic mass is 9.98. The van der Waals surface area contributed by atoms with E-state index in [1.165, 1.54) is 0 Å². The Morgan fingerprint density at radius 2 is 2.35 bits per heavy atom. The SMILES string of the molecule is CN(CC1CCc2nccn2C1)C(=O)c1ccn2cncc2c1. The lowest BCUT2D eigenvalue weighted by molar-refractivity contribution is 0.0760. The molecule has 0 spiro atoms. The fourth-order valence-electron chi connectivity index (χ4n) is 3.33. The van der Waals surface area contributed by atoms with Crippen LogP contribution in [0.1, 0.15) is 22.6 Å². The van der Waals surface area contributed by atoms with Gasteiger partial charge in [0, 0.05) is 50.7 Å². The highest BCUT2D eigenvalue weighted by Crippen LogP contribution is 2.20. The van der Waals surface area contributed by atoms with Crippen LogP contribution in [0.3, 0.4) is 0 Å². The molecule has 0 radical (unpaired) electrons. The maximum absolute atomic E-state index is 12.7. The first-order valence-electron chi connectivity index (χ1n) is 7.88. The predicted molar refractivity (Wildman–Crippen MR) is 86.2 cm³/mol. The molecule has 1 atom stereocenters. The van der Waals surface area contributed by atoms with Crippen molar-refractivity contribution in [3.63, 3.8) is 0 Å². The summed E-state index contributed by atoms with van der Waals surface area (Å²) in [5.74, 6) is 1.69.